The second-order valence-electron chi connectivity index (χ2n) is 6.82. The molecular formula is C23H23ClN2O4S. The number of hydrogen-bond donors (Lipinski definition) is 2. The molecule has 0 radical (unpaired) electrons. The number of nitrogens with one attached hydrogen (secondary N) is 2. The molecule has 0 heterocycles. The van der Waals surface area contributed by atoms with Gasteiger partial charge in [0.05, 0.1) is 28.8 Å². The zero-order valence-corrected chi connectivity index (χ0v) is 18.7. The Kier molecular flexibility index (Phi) is 7.20. The molecule has 0 saturated heterocycles. The SMILES string of the molecule is CC[C@H](NC(=O)c1ccc(NS(=O)(=O)c2ccccc2)c(Cl)c1)c1ccc(OC)cc1. The lowest BCUT2D eigenvalue weighted by molar-refractivity contribution is 0.0935. The van der Waals surface area contributed by atoms with E-state index in [0.29, 0.717) is 12.0 Å². The molecule has 8 heteroatoms. The van der Waals surface area contributed by atoms with Crippen LogP contribution in [0.3, 0.4) is 0 Å². The van der Waals surface area contributed by atoms with E-state index in [4.69, 9.17) is 16.3 Å². The zero-order valence-electron chi connectivity index (χ0n) is 17.1. The van der Waals surface area contributed by atoms with E-state index in [2.05, 4.69) is 10.0 Å². The van der Waals surface area contributed by atoms with Crippen LogP contribution in [0.15, 0.2) is 77.7 Å². The number of methoxy groups -OCH3 is 1. The molecule has 0 aliphatic heterocycles. The van der Waals surface area contributed by atoms with Gasteiger partial charge in [0.1, 0.15) is 5.75 Å². The van der Waals surface area contributed by atoms with Gasteiger partial charge in [-0.2, -0.15) is 0 Å². The number of amides is 1. The molecule has 162 valence electrons. The third kappa shape index (κ3) is 5.57. The van der Waals surface area contributed by atoms with Crippen LogP contribution in [0.25, 0.3) is 0 Å². The van der Waals surface area contributed by atoms with E-state index in [1.54, 1.807) is 25.3 Å². The maximum absolute atomic E-state index is 12.7. The number of hydrogen-bond acceptors (Lipinski definition) is 4. The predicted molar refractivity (Wildman–Crippen MR) is 122 cm³/mol. The number of halogens is 1. The summed E-state index contributed by atoms with van der Waals surface area (Å²) in [4.78, 5) is 12.9. The molecule has 3 rings (SSSR count). The normalized spacial score (nSPS) is 12.1. The summed E-state index contributed by atoms with van der Waals surface area (Å²) in [5.41, 5.74) is 1.49. The minimum Gasteiger partial charge on any atom is -0.497 e. The van der Waals surface area contributed by atoms with E-state index < -0.39 is 10.0 Å². The Bertz CT molecular complexity index is 1150. The summed E-state index contributed by atoms with van der Waals surface area (Å²) < 4.78 is 32.6. The Labute approximate surface area is 187 Å². The Morgan fingerprint density at radius 1 is 1.03 bits per heavy atom. The number of carbonyl (C=O) groups is 1. The van der Waals surface area contributed by atoms with Gasteiger partial charge in [0.2, 0.25) is 0 Å². The molecule has 6 nitrogen and oxygen atoms in total. The third-order valence-electron chi connectivity index (χ3n) is 4.76. The Morgan fingerprint density at radius 2 is 1.71 bits per heavy atom. The topological polar surface area (TPSA) is 84.5 Å². The Morgan fingerprint density at radius 3 is 2.29 bits per heavy atom. The van der Waals surface area contributed by atoms with Crippen LogP contribution in [0.2, 0.25) is 5.02 Å². The first-order valence-electron chi connectivity index (χ1n) is 9.66. The van der Waals surface area contributed by atoms with Crippen molar-refractivity contribution < 1.29 is 17.9 Å². The zero-order chi connectivity index (χ0) is 22.4. The molecule has 0 saturated carbocycles. The highest BCUT2D eigenvalue weighted by atomic mass is 35.5. The molecule has 1 amide bonds. The molecule has 2 N–H and O–H groups in total. The number of anilines is 1. The van der Waals surface area contributed by atoms with Crippen LogP contribution in [-0.4, -0.2) is 21.4 Å². The van der Waals surface area contributed by atoms with Crippen molar-refractivity contribution in [2.24, 2.45) is 0 Å². The highest BCUT2D eigenvalue weighted by Crippen LogP contribution is 2.27. The first-order valence-corrected chi connectivity index (χ1v) is 11.5. The van der Waals surface area contributed by atoms with Crippen molar-refractivity contribution in [3.05, 3.63) is 88.9 Å². The van der Waals surface area contributed by atoms with Crippen LogP contribution in [0, 0.1) is 0 Å². The van der Waals surface area contributed by atoms with Crippen LogP contribution in [0.1, 0.15) is 35.3 Å². The molecule has 0 spiro atoms. The number of carbonyl (C=O) groups excluding carboxylic acids is 1. The second kappa shape index (κ2) is 9.85. The molecule has 0 aliphatic carbocycles. The van der Waals surface area contributed by atoms with Crippen molar-refractivity contribution in [3.63, 3.8) is 0 Å². The predicted octanol–water partition coefficient (Wildman–Crippen LogP) is 5.03. The van der Waals surface area contributed by atoms with Crippen molar-refractivity contribution in [1.29, 1.82) is 0 Å². The number of sulfonamides is 1. The Hall–Kier alpha value is -3.03. The van der Waals surface area contributed by atoms with Gasteiger partial charge in [-0.3, -0.25) is 9.52 Å². The van der Waals surface area contributed by atoms with Crippen LogP contribution in [-0.2, 0) is 10.0 Å². The van der Waals surface area contributed by atoms with Crippen molar-refractivity contribution in [2.75, 3.05) is 11.8 Å². The van der Waals surface area contributed by atoms with Crippen LogP contribution < -0.4 is 14.8 Å². The maximum atomic E-state index is 12.7. The largest absolute Gasteiger partial charge is 0.497 e. The minimum atomic E-state index is -3.78. The lowest BCUT2D eigenvalue weighted by atomic mass is 10.0. The van der Waals surface area contributed by atoms with Gasteiger partial charge >= 0.3 is 0 Å². The van der Waals surface area contributed by atoms with Crippen LogP contribution in [0.4, 0.5) is 5.69 Å². The van der Waals surface area contributed by atoms with Gasteiger partial charge in [-0.15, -0.1) is 0 Å². The molecule has 1 atom stereocenters. The fourth-order valence-electron chi connectivity index (χ4n) is 3.04. The standard InChI is InChI=1S/C23H23ClN2O4S/c1-3-21(16-9-12-18(30-2)13-10-16)25-23(27)17-11-14-22(20(24)15-17)26-31(28,29)19-7-5-4-6-8-19/h4-15,21,26H,3H2,1-2H3,(H,25,27)/t21-/m0/s1. The molecule has 0 aliphatic rings. The second-order valence-corrected chi connectivity index (χ2v) is 8.91. The Balaban J connectivity index is 1.74. The van der Waals surface area contributed by atoms with E-state index in [-0.39, 0.29) is 27.6 Å². The van der Waals surface area contributed by atoms with E-state index in [1.165, 1.54) is 30.3 Å². The molecule has 0 unspecified atom stereocenters. The highest BCUT2D eigenvalue weighted by Gasteiger charge is 2.18. The summed E-state index contributed by atoms with van der Waals surface area (Å²) in [6.45, 7) is 1.98. The third-order valence-corrected chi connectivity index (χ3v) is 6.45. The van der Waals surface area contributed by atoms with E-state index in [9.17, 15) is 13.2 Å². The summed E-state index contributed by atoms with van der Waals surface area (Å²) in [5.74, 6) is 0.437. The molecule has 31 heavy (non-hydrogen) atoms. The van der Waals surface area contributed by atoms with E-state index in [1.807, 2.05) is 31.2 Å². The lowest BCUT2D eigenvalue weighted by Crippen LogP contribution is -2.28. The number of ether oxygens (including phenoxy) is 1. The fourth-order valence-corrected chi connectivity index (χ4v) is 4.43. The number of benzene rings is 3. The summed E-state index contributed by atoms with van der Waals surface area (Å²) in [7, 11) is -2.18. The smallest absolute Gasteiger partial charge is 0.261 e. The van der Waals surface area contributed by atoms with Crippen LogP contribution in [0.5, 0.6) is 5.75 Å². The van der Waals surface area contributed by atoms with Crippen molar-refractivity contribution in [1.82, 2.24) is 5.32 Å². The van der Waals surface area contributed by atoms with Gasteiger partial charge in [-0.1, -0.05) is 48.9 Å². The first kappa shape index (κ1) is 22.7. The quantitative estimate of drug-likeness (QED) is 0.495. The molecule has 0 bridgehead atoms. The van der Waals surface area contributed by atoms with Crippen LogP contribution >= 0.6 is 11.6 Å². The van der Waals surface area contributed by atoms with E-state index in [0.717, 1.165) is 11.3 Å². The lowest BCUT2D eigenvalue weighted by Gasteiger charge is -2.18. The van der Waals surface area contributed by atoms with Gasteiger partial charge in [0, 0.05) is 5.56 Å². The maximum Gasteiger partial charge on any atom is 0.261 e. The minimum absolute atomic E-state index is 0.123. The van der Waals surface area contributed by atoms with Gasteiger partial charge in [0.25, 0.3) is 15.9 Å². The number of rotatable bonds is 8. The van der Waals surface area contributed by atoms with Gasteiger partial charge in [0.15, 0.2) is 0 Å². The highest BCUT2D eigenvalue weighted by molar-refractivity contribution is 7.92. The van der Waals surface area contributed by atoms with Crippen molar-refractivity contribution in [2.45, 2.75) is 24.3 Å². The summed E-state index contributed by atoms with van der Waals surface area (Å²) >= 11 is 6.27. The van der Waals surface area contributed by atoms with Crippen molar-refractivity contribution >= 4 is 33.2 Å². The monoisotopic (exact) mass is 458 g/mol. The van der Waals surface area contributed by atoms with Gasteiger partial charge in [-0.25, -0.2) is 8.42 Å². The fraction of sp³-hybridized carbons (Fsp3) is 0.174. The first-order chi connectivity index (χ1) is 14.8. The summed E-state index contributed by atoms with van der Waals surface area (Å²) in [6, 6.07) is 19.7. The summed E-state index contributed by atoms with van der Waals surface area (Å²) in [6.07, 6.45) is 0.695. The van der Waals surface area contributed by atoms with Crippen molar-refractivity contribution in [3.8, 4) is 5.75 Å². The van der Waals surface area contributed by atoms with E-state index >= 15 is 0 Å². The molecule has 0 aromatic heterocycles. The summed E-state index contributed by atoms with van der Waals surface area (Å²) in [5, 5.41) is 3.11. The van der Waals surface area contributed by atoms with Gasteiger partial charge < -0.3 is 10.1 Å². The molecular weight excluding hydrogens is 436 g/mol. The average Bonchev–Trinajstić information content (AvgIpc) is 2.79. The molecule has 3 aromatic rings. The molecule has 0 fully saturated rings. The molecule has 3 aromatic carbocycles. The van der Waals surface area contributed by atoms with Gasteiger partial charge in [-0.05, 0) is 54.4 Å². The average molecular weight is 459 g/mol.